The second-order valence-corrected chi connectivity index (χ2v) is 6.06. The van der Waals surface area contributed by atoms with Gasteiger partial charge >= 0.3 is 0 Å². The largest absolute Gasteiger partial charge is 0.493 e. The topological polar surface area (TPSA) is 72.5 Å². The number of methoxy groups -OCH3 is 2. The summed E-state index contributed by atoms with van der Waals surface area (Å²) in [6.45, 7) is 0.300. The third-order valence-electron chi connectivity index (χ3n) is 4.12. The Kier molecular flexibility index (Phi) is 6.23. The van der Waals surface area contributed by atoms with E-state index in [9.17, 15) is 13.6 Å². The number of hydrogen-bond donors (Lipinski definition) is 2. The van der Waals surface area contributed by atoms with Crippen molar-refractivity contribution in [3.63, 3.8) is 0 Å². The van der Waals surface area contributed by atoms with Crippen LogP contribution >= 0.6 is 0 Å². The van der Waals surface area contributed by atoms with E-state index in [1.165, 1.54) is 12.3 Å². The first kappa shape index (κ1) is 20.1. The molecule has 29 heavy (non-hydrogen) atoms. The summed E-state index contributed by atoms with van der Waals surface area (Å²) in [4.78, 5) is 16.5. The average molecular weight is 399 g/mol. The molecular weight excluding hydrogens is 380 g/mol. The molecule has 0 aliphatic rings. The Hall–Kier alpha value is -3.68. The quantitative estimate of drug-likeness (QED) is 0.627. The molecule has 0 saturated heterocycles. The molecule has 0 atom stereocenters. The van der Waals surface area contributed by atoms with Crippen LogP contribution < -0.4 is 20.1 Å². The van der Waals surface area contributed by atoms with Gasteiger partial charge in [0.1, 0.15) is 5.82 Å². The highest BCUT2D eigenvalue weighted by atomic mass is 19.2. The summed E-state index contributed by atoms with van der Waals surface area (Å²) < 4.78 is 36.7. The van der Waals surface area contributed by atoms with E-state index in [0.29, 0.717) is 35.1 Å². The molecule has 0 unspecified atom stereocenters. The van der Waals surface area contributed by atoms with Crippen molar-refractivity contribution in [1.29, 1.82) is 0 Å². The molecule has 0 spiro atoms. The van der Waals surface area contributed by atoms with E-state index < -0.39 is 11.6 Å². The number of aromatic nitrogens is 1. The van der Waals surface area contributed by atoms with Gasteiger partial charge < -0.3 is 20.1 Å². The second kappa shape index (κ2) is 9.01. The smallest absolute Gasteiger partial charge is 0.253 e. The Morgan fingerprint density at radius 1 is 0.966 bits per heavy atom. The molecule has 0 bridgehead atoms. The fraction of sp³-hybridized carbons (Fsp3) is 0.143. The Bertz CT molecular complexity index is 1010. The Balaban J connectivity index is 1.61. The van der Waals surface area contributed by atoms with E-state index in [2.05, 4.69) is 15.6 Å². The van der Waals surface area contributed by atoms with Gasteiger partial charge in [-0.25, -0.2) is 13.8 Å². The lowest BCUT2D eigenvalue weighted by Gasteiger charge is -2.11. The number of ether oxygens (including phenoxy) is 2. The van der Waals surface area contributed by atoms with Crippen molar-refractivity contribution in [1.82, 2.24) is 10.3 Å². The molecule has 1 heterocycles. The van der Waals surface area contributed by atoms with Crippen molar-refractivity contribution in [2.24, 2.45) is 0 Å². The molecule has 6 nitrogen and oxygen atoms in total. The normalized spacial score (nSPS) is 10.3. The van der Waals surface area contributed by atoms with Crippen LogP contribution in [0.15, 0.2) is 54.7 Å². The number of nitrogens with zero attached hydrogens (tertiary/aromatic N) is 1. The molecule has 3 aromatic rings. The molecule has 0 saturated carbocycles. The zero-order valence-electron chi connectivity index (χ0n) is 15.8. The number of hydrogen-bond acceptors (Lipinski definition) is 5. The molecule has 1 aromatic heterocycles. The Labute approximate surface area is 166 Å². The van der Waals surface area contributed by atoms with E-state index in [0.717, 1.165) is 17.7 Å². The van der Waals surface area contributed by atoms with Crippen molar-refractivity contribution >= 4 is 17.4 Å². The number of rotatable bonds is 7. The van der Waals surface area contributed by atoms with Crippen molar-refractivity contribution in [3.8, 4) is 11.5 Å². The molecule has 0 aliphatic carbocycles. The number of benzene rings is 2. The van der Waals surface area contributed by atoms with Crippen LogP contribution in [0.5, 0.6) is 11.5 Å². The zero-order valence-corrected chi connectivity index (χ0v) is 15.8. The van der Waals surface area contributed by atoms with Gasteiger partial charge in [-0.15, -0.1) is 0 Å². The van der Waals surface area contributed by atoms with Crippen molar-refractivity contribution in [2.45, 2.75) is 6.54 Å². The zero-order chi connectivity index (χ0) is 20.8. The SMILES string of the molecule is COc1ccc(CNC(=O)c2ccc(Nc3ccc(F)c(F)c3)nc2)cc1OC. The van der Waals surface area contributed by atoms with Crippen LogP contribution in [0.4, 0.5) is 20.3 Å². The average Bonchev–Trinajstić information content (AvgIpc) is 2.75. The van der Waals surface area contributed by atoms with Gasteiger partial charge in [0.25, 0.3) is 5.91 Å². The number of halogens is 2. The number of carbonyl (C=O) groups excluding carboxylic acids is 1. The fourth-order valence-corrected chi connectivity index (χ4v) is 2.60. The predicted octanol–water partition coefficient (Wildman–Crippen LogP) is 4.05. The summed E-state index contributed by atoms with van der Waals surface area (Å²) >= 11 is 0. The standard InChI is InChI=1S/C21H19F2N3O3/c1-28-18-7-3-13(9-19(18)29-2)11-25-21(27)14-4-8-20(24-12-14)26-15-5-6-16(22)17(23)10-15/h3-10,12H,11H2,1-2H3,(H,24,26)(H,25,27). The molecular formula is C21H19F2N3O3. The summed E-state index contributed by atoms with van der Waals surface area (Å²) in [7, 11) is 3.10. The van der Waals surface area contributed by atoms with Gasteiger partial charge in [0.15, 0.2) is 23.1 Å². The van der Waals surface area contributed by atoms with E-state index >= 15 is 0 Å². The minimum atomic E-state index is -0.957. The first-order valence-corrected chi connectivity index (χ1v) is 8.67. The maximum Gasteiger partial charge on any atom is 0.253 e. The lowest BCUT2D eigenvalue weighted by Crippen LogP contribution is -2.23. The van der Waals surface area contributed by atoms with Crippen LogP contribution in [-0.4, -0.2) is 25.1 Å². The molecule has 1 amide bonds. The molecule has 8 heteroatoms. The third kappa shape index (κ3) is 4.98. The Morgan fingerprint density at radius 3 is 2.41 bits per heavy atom. The Morgan fingerprint density at radius 2 is 1.76 bits per heavy atom. The van der Waals surface area contributed by atoms with Crippen molar-refractivity contribution < 1.29 is 23.0 Å². The van der Waals surface area contributed by atoms with Crippen LogP contribution in [0.2, 0.25) is 0 Å². The molecule has 3 rings (SSSR count). The molecule has 0 radical (unpaired) electrons. The van der Waals surface area contributed by atoms with Crippen LogP contribution in [0, 0.1) is 11.6 Å². The lowest BCUT2D eigenvalue weighted by molar-refractivity contribution is 0.0950. The summed E-state index contributed by atoms with van der Waals surface area (Å²) in [5, 5.41) is 5.64. The second-order valence-electron chi connectivity index (χ2n) is 6.06. The van der Waals surface area contributed by atoms with Crippen LogP contribution in [0.3, 0.4) is 0 Å². The third-order valence-corrected chi connectivity index (χ3v) is 4.12. The molecule has 2 aromatic carbocycles. The fourth-order valence-electron chi connectivity index (χ4n) is 2.60. The number of carbonyl (C=O) groups is 1. The minimum absolute atomic E-state index is 0.299. The van der Waals surface area contributed by atoms with Crippen LogP contribution in [-0.2, 0) is 6.54 Å². The van der Waals surface area contributed by atoms with Crippen molar-refractivity contribution in [2.75, 3.05) is 19.5 Å². The summed E-state index contributed by atoms with van der Waals surface area (Å²) in [5.74, 6) is -0.602. The number of nitrogens with one attached hydrogen (secondary N) is 2. The maximum absolute atomic E-state index is 13.3. The van der Waals surface area contributed by atoms with Gasteiger partial charge in [-0.2, -0.15) is 0 Å². The van der Waals surface area contributed by atoms with Crippen molar-refractivity contribution in [3.05, 3.63) is 77.5 Å². The maximum atomic E-state index is 13.3. The molecule has 2 N–H and O–H groups in total. The highest BCUT2D eigenvalue weighted by Crippen LogP contribution is 2.27. The van der Waals surface area contributed by atoms with Gasteiger partial charge in [0.05, 0.1) is 19.8 Å². The summed E-state index contributed by atoms with van der Waals surface area (Å²) in [6.07, 6.45) is 1.39. The molecule has 150 valence electrons. The van der Waals surface area contributed by atoms with Crippen LogP contribution in [0.25, 0.3) is 0 Å². The van der Waals surface area contributed by atoms with E-state index in [1.807, 2.05) is 6.07 Å². The first-order chi connectivity index (χ1) is 14.0. The van der Waals surface area contributed by atoms with Gasteiger partial charge in [0.2, 0.25) is 0 Å². The highest BCUT2D eigenvalue weighted by Gasteiger charge is 2.09. The van der Waals surface area contributed by atoms with Gasteiger partial charge in [-0.3, -0.25) is 4.79 Å². The number of pyridine rings is 1. The van der Waals surface area contributed by atoms with Crippen LogP contribution in [0.1, 0.15) is 15.9 Å². The molecule has 0 aliphatic heterocycles. The number of anilines is 2. The van der Waals surface area contributed by atoms with Gasteiger partial charge in [-0.1, -0.05) is 6.07 Å². The van der Waals surface area contributed by atoms with Gasteiger partial charge in [0, 0.05) is 24.5 Å². The van der Waals surface area contributed by atoms with E-state index in [4.69, 9.17) is 9.47 Å². The summed E-state index contributed by atoms with van der Waals surface area (Å²) in [6, 6.07) is 12.0. The van der Waals surface area contributed by atoms with E-state index in [1.54, 1.807) is 38.5 Å². The highest BCUT2D eigenvalue weighted by molar-refractivity contribution is 5.94. The molecule has 0 fully saturated rings. The monoisotopic (exact) mass is 399 g/mol. The lowest BCUT2D eigenvalue weighted by atomic mass is 10.2. The van der Waals surface area contributed by atoms with Gasteiger partial charge in [-0.05, 0) is 42.0 Å². The summed E-state index contributed by atoms with van der Waals surface area (Å²) in [5.41, 5.74) is 1.56. The number of amides is 1. The first-order valence-electron chi connectivity index (χ1n) is 8.67. The predicted molar refractivity (Wildman–Crippen MR) is 105 cm³/mol. The van der Waals surface area contributed by atoms with E-state index in [-0.39, 0.29) is 5.91 Å². The minimum Gasteiger partial charge on any atom is -0.493 e.